The summed E-state index contributed by atoms with van der Waals surface area (Å²) in [6.07, 6.45) is 7.19. The van der Waals surface area contributed by atoms with Gasteiger partial charge in [0.1, 0.15) is 0 Å². The van der Waals surface area contributed by atoms with Gasteiger partial charge in [0, 0.05) is 19.3 Å². The Balaban J connectivity index is 1.98. The molecule has 0 aromatic heterocycles. The van der Waals surface area contributed by atoms with Gasteiger partial charge < -0.3 is 4.85 Å². The highest BCUT2D eigenvalue weighted by molar-refractivity contribution is 5.21. The van der Waals surface area contributed by atoms with Crippen LogP contribution in [0.2, 0.25) is 0 Å². The van der Waals surface area contributed by atoms with Crippen LogP contribution in [0.1, 0.15) is 59.3 Å². The Morgan fingerprint density at radius 1 is 1.41 bits per heavy atom. The molecule has 3 saturated carbocycles. The van der Waals surface area contributed by atoms with E-state index in [1.165, 1.54) is 30.4 Å². The fourth-order valence-corrected chi connectivity index (χ4v) is 6.26. The highest BCUT2D eigenvalue weighted by Crippen LogP contribution is 2.61. The number of nitrogens with zero attached hydrogens (tertiary/aromatic N) is 1. The first kappa shape index (κ1) is 15.9. The van der Waals surface area contributed by atoms with Crippen molar-refractivity contribution in [2.45, 2.75) is 64.8 Å². The second-order valence-electron chi connectivity index (χ2n) is 8.71. The third-order valence-electron chi connectivity index (χ3n) is 7.18. The summed E-state index contributed by atoms with van der Waals surface area (Å²) in [5.41, 5.74) is 2.68. The summed E-state index contributed by atoms with van der Waals surface area (Å²) in [6, 6.07) is 0. The molecule has 0 aromatic carbocycles. The van der Waals surface area contributed by atoms with Crippen LogP contribution in [0, 0.1) is 42.1 Å². The van der Waals surface area contributed by atoms with E-state index in [-0.39, 0.29) is 5.54 Å². The van der Waals surface area contributed by atoms with Gasteiger partial charge in [0.25, 0.3) is 0 Å². The maximum Gasteiger partial charge on any atom is 0.233 e. The molecule has 3 rings (SSSR count). The minimum Gasteiger partial charge on any atom is -0.310 e. The fraction of sp³-hybridized carbons (Fsp3) is 0.762. The lowest BCUT2D eigenvalue weighted by molar-refractivity contribution is -0.0491. The van der Waals surface area contributed by atoms with Crippen molar-refractivity contribution in [1.82, 2.24) is 0 Å². The van der Waals surface area contributed by atoms with Gasteiger partial charge in [-0.2, -0.15) is 0 Å². The summed E-state index contributed by atoms with van der Waals surface area (Å²) in [7, 11) is 0. The quantitative estimate of drug-likeness (QED) is 0.442. The molecule has 22 heavy (non-hydrogen) atoms. The molecule has 7 atom stereocenters. The Labute approximate surface area is 136 Å². The van der Waals surface area contributed by atoms with Crippen LogP contribution in [0.5, 0.6) is 0 Å². The van der Waals surface area contributed by atoms with Crippen molar-refractivity contribution in [3.05, 3.63) is 35.7 Å². The largest absolute Gasteiger partial charge is 0.310 e. The molecule has 0 aliphatic heterocycles. The smallest absolute Gasteiger partial charge is 0.233 e. The van der Waals surface area contributed by atoms with Crippen LogP contribution in [-0.4, -0.2) is 5.54 Å². The summed E-state index contributed by atoms with van der Waals surface area (Å²) in [5, 5.41) is 0. The molecule has 3 aliphatic rings. The van der Waals surface area contributed by atoms with Crippen LogP contribution in [0.15, 0.2) is 24.3 Å². The molecule has 0 amide bonds. The maximum atomic E-state index is 7.78. The number of hydrogen-bond donors (Lipinski definition) is 0. The minimum absolute atomic E-state index is 0.120. The first-order valence-electron chi connectivity index (χ1n) is 9.08. The Morgan fingerprint density at radius 3 is 2.77 bits per heavy atom. The number of hydrogen-bond acceptors (Lipinski definition) is 0. The molecule has 0 saturated heterocycles. The van der Waals surface area contributed by atoms with Gasteiger partial charge in [-0.1, -0.05) is 24.6 Å². The number of rotatable bonds is 2. The highest BCUT2D eigenvalue weighted by atomic mass is 14.8. The predicted octanol–water partition coefficient (Wildman–Crippen LogP) is 5.90. The lowest BCUT2D eigenvalue weighted by Crippen LogP contribution is -2.55. The molecular weight excluding hydrogens is 266 g/mol. The maximum absolute atomic E-state index is 7.78. The van der Waals surface area contributed by atoms with Gasteiger partial charge in [-0.25, -0.2) is 6.57 Å². The molecule has 0 heterocycles. The molecule has 0 spiro atoms. The van der Waals surface area contributed by atoms with Crippen LogP contribution in [0.3, 0.4) is 0 Å². The minimum atomic E-state index is -0.120. The van der Waals surface area contributed by atoms with Crippen molar-refractivity contribution in [2.24, 2.45) is 35.5 Å². The van der Waals surface area contributed by atoms with E-state index < -0.39 is 0 Å². The Kier molecular flexibility index (Phi) is 4.00. The van der Waals surface area contributed by atoms with Crippen LogP contribution in [0.25, 0.3) is 4.85 Å². The van der Waals surface area contributed by atoms with E-state index in [0.29, 0.717) is 17.8 Å². The second kappa shape index (κ2) is 5.55. The zero-order valence-corrected chi connectivity index (χ0v) is 14.6. The van der Waals surface area contributed by atoms with Crippen molar-refractivity contribution in [2.75, 3.05) is 0 Å². The lowest BCUT2D eigenvalue weighted by atomic mass is 9.46. The van der Waals surface area contributed by atoms with Crippen molar-refractivity contribution in [3.8, 4) is 0 Å². The van der Waals surface area contributed by atoms with Crippen molar-refractivity contribution in [3.63, 3.8) is 0 Å². The normalized spacial score (nSPS) is 47.5. The molecule has 120 valence electrons. The molecule has 3 fully saturated rings. The standard InChI is InChI=1S/C21H31N/c1-13(2)11-16-12-15(4)17-9-10-21(5,22-6)18-8-7-14(3)19(16)20(17)18/h15-20H,1,3,7-12H2,2,4-5H3/t15-,16+,17+,18-,19-,20+,21-/m0/s1. The van der Waals surface area contributed by atoms with Gasteiger partial charge in [-0.3, -0.25) is 0 Å². The third-order valence-corrected chi connectivity index (χ3v) is 7.18. The van der Waals surface area contributed by atoms with E-state index in [4.69, 9.17) is 6.57 Å². The molecule has 1 nitrogen and oxygen atoms in total. The summed E-state index contributed by atoms with van der Waals surface area (Å²) in [6.45, 7) is 23.3. The van der Waals surface area contributed by atoms with E-state index >= 15 is 0 Å². The highest BCUT2D eigenvalue weighted by Gasteiger charge is 2.59. The number of allylic oxidation sites excluding steroid dienone is 2. The van der Waals surface area contributed by atoms with E-state index in [0.717, 1.165) is 37.0 Å². The van der Waals surface area contributed by atoms with E-state index in [1.54, 1.807) is 0 Å². The van der Waals surface area contributed by atoms with Crippen molar-refractivity contribution in [1.29, 1.82) is 0 Å². The van der Waals surface area contributed by atoms with Crippen molar-refractivity contribution < 1.29 is 0 Å². The van der Waals surface area contributed by atoms with Crippen LogP contribution in [0.4, 0.5) is 0 Å². The summed E-state index contributed by atoms with van der Waals surface area (Å²) in [4.78, 5) is 4.13. The molecule has 0 unspecified atom stereocenters. The SMILES string of the molecule is [C-]#[N+][C@@]1(C)CC[C@H]2[C@H]3[C@@H](C(=C)CC[C@@H]31)[C@H](CC(=C)C)C[C@@H]2C. The first-order valence-corrected chi connectivity index (χ1v) is 9.08. The predicted molar refractivity (Wildman–Crippen MR) is 93.3 cm³/mol. The van der Waals surface area contributed by atoms with Gasteiger partial charge in [-0.05, 0) is 68.6 Å². The van der Waals surface area contributed by atoms with Gasteiger partial charge >= 0.3 is 0 Å². The van der Waals surface area contributed by atoms with Crippen LogP contribution >= 0.6 is 0 Å². The monoisotopic (exact) mass is 297 g/mol. The molecule has 3 aliphatic carbocycles. The molecule has 0 bridgehead atoms. The Hall–Kier alpha value is -1.03. The Bertz CT molecular complexity index is 525. The Morgan fingerprint density at radius 2 is 2.14 bits per heavy atom. The average Bonchev–Trinajstić information content (AvgIpc) is 2.45. The van der Waals surface area contributed by atoms with Gasteiger partial charge in [-0.15, -0.1) is 6.58 Å². The van der Waals surface area contributed by atoms with Crippen molar-refractivity contribution >= 4 is 0 Å². The van der Waals surface area contributed by atoms with Crippen LogP contribution in [-0.2, 0) is 0 Å². The van der Waals surface area contributed by atoms with Gasteiger partial charge in [0.15, 0.2) is 0 Å². The van der Waals surface area contributed by atoms with Crippen LogP contribution < -0.4 is 0 Å². The topological polar surface area (TPSA) is 4.36 Å². The molecular formula is C21H31N. The summed E-state index contributed by atoms with van der Waals surface area (Å²) in [5.74, 6) is 4.30. The lowest BCUT2D eigenvalue weighted by Gasteiger charge is -2.57. The zero-order chi connectivity index (χ0) is 16.1. The summed E-state index contributed by atoms with van der Waals surface area (Å²) < 4.78 is 0. The van der Waals surface area contributed by atoms with E-state index in [1.807, 2.05) is 0 Å². The molecule has 1 heteroatoms. The fourth-order valence-electron chi connectivity index (χ4n) is 6.26. The van der Waals surface area contributed by atoms with Gasteiger partial charge in [0.05, 0.1) is 0 Å². The van der Waals surface area contributed by atoms with Gasteiger partial charge in [0.2, 0.25) is 5.54 Å². The average molecular weight is 297 g/mol. The second-order valence-corrected chi connectivity index (χ2v) is 8.71. The van der Waals surface area contributed by atoms with E-state index in [9.17, 15) is 0 Å². The molecule has 0 N–H and O–H groups in total. The zero-order valence-electron chi connectivity index (χ0n) is 14.6. The molecule has 0 aromatic rings. The summed E-state index contributed by atoms with van der Waals surface area (Å²) >= 11 is 0. The third kappa shape index (κ3) is 2.36. The van der Waals surface area contributed by atoms with E-state index in [2.05, 4.69) is 38.8 Å². The first-order chi connectivity index (χ1) is 10.4. The molecule has 0 radical (unpaired) electrons.